The largest absolute Gasteiger partial charge is 0.480 e. The molecule has 6 heteroatoms. The maximum atomic E-state index is 11.8. The van der Waals surface area contributed by atoms with Crippen molar-refractivity contribution in [3.05, 3.63) is 35.9 Å². The molecule has 0 radical (unpaired) electrons. The molecule has 0 fully saturated rings. The van der Waals surface area contributed by atoms with Gasteiger partial charge < -0.3 is 15.2 Å². The Morgan fingerprint density at radius 1 is 1.25 bits per heavy atom. The summed E-state index contributed by atoms with van der Waals surface area (Å²) in [5, 5.41) is 11.4. The second-order valence-corrected chi connectivity index (χ2v) is 4.24. The van der Waals surface area contributed by atoms with Gasteiger partial charge in [0.15, 0.2) is 0 Å². The number of nitrogens with one attached hydrogen (secondary N) is 1. The second-order valence-electron chi connectivity index (χ2n) is 4.24. The predicted octanol–water partition coefficient (Wildman–Crippen LogP) is 0.752. The molecule has 0 aliphatic rings. The van der Waals surface area contributed by atoms with Crippen LogP contribution in [-0.4, -0.2) is 36.1 Å². The number of amides is 1. The van der Waals surface area contributed by atoms with Crippen molar-refractivity contribution in [2.75, 3.05) is 7.11 Å². The monoisotopic (exact) mass is 279 g/mol. The molecule has 1 amide bonds. The van der Waals surface area contributed by atoms with Crippen molar-refractivity contribution < 1.29 is 24.2 Å². The van der Waals surface area contributed by atoms with Gasteiger partial charge >= 0.3 is 11.9 Å². The fourth-order valence-corrected chi connectivity index (χ4v) is 1.65. The van der Waals surface area contributed by atoms with E-state index in [9.17, 15) is 14.4 Å². The zero-order valence-electron chi connectivity index (χ0n) is 11.2. The number of carbonyl (C=O) groups is 3. The van der Waals surface area contributed by atoms with Crippen molar-refractivity contribution in [2.24, 2.45) is 0 Å². The Hall–Kier alpha value is -2.37. The third-order valence-electron chi connectivity index (χ3n) is 2.71. The summed E-state index contributed by atoms with van der Waals surface area (Å²) in [6.07, 6.45) is 0.0461. The average molecular weight is 279 g/mol. The molecule has 0 aliphatic carbocycles. The van der Waals surface area contributed by atoms with Crippen LogP contribution in [0.2, 0.25) is 0 Å². The van der Waals surface area contributed by atoms with Gasteiger partial charge in [-0.1, -0.05) is 30.3 Å². The van der Waals surface area contributed by atoms with E-state index in [4.69, 9.17) is 5.11 Å². The minimum Gasteiger partial charge on any atom is -0.480 e. The number of esters is 1. The zero-order valence-corrected chi connectivity index (χ0v) is 11.2. The molecule has 108 valence electrons. The lowest BCUT2D eigenvalue weighted by Gasteiger charge is -2.13. The number of benzene rings is 1. The van der Waals surface area contributed by atoms with Crippen molar-refractivity contribution in [3.63, 3.8) is 0 Å². The van der Waals surface area contributed by atoms with Crippen LogP contribution in [0.5, 0.6) is 0 Å². The highest BCUT2D eigenvalue weighted by Gasteiger charge is 2.21. The van der Waals surface area contributed by atoms with Crippen LogP contribution < -0.4 is 5.32 Å². The Morgan fingerprint density at radius 3 is 2.45 bits per heavy atom. The highest BCUT2D eigenvalue weighted by atomic mass is 16.5. The predicted molar refractivity (Wildman–Crippen MR) is 71.0 cm³/mol. The number of methoxy groups -OCH3 is 1. The van der Waals surface area contributed by atoms with E-state index in [0.717, 1.165) is 5.56 Å². The summed E-state index contributed by atoms with van der Waals surface area (Å²) in [6.45, 7) is 0. The molecule has 1 rings (SSSR count). The summed E-state index contributed by atoms with van der Waals surface area (Å²) in [5.74, 6) is -2.07. The highest BCUT2D eigenvalue weighted by Crippen LogP contribution is 2.03. The third kappa shape index (κ3) is 5.51. The molecular formula is C14H17NO5. The standard InChI is InChI=1S/C14H17NO5/c1-20-13(17)8-7-11(14(18)19)15-12(16)9-10-5-3-2-4-6-10/h2-6,11H,7-9H2,1H3,(H,15,16)(H,18,19)/t11-/m1/s1. The minimum atomic E-state index is -1.17. The molecule has 0 bridgehead atoms. The van der Waals surface area contributed by atoms with Crippen molar-refractivity contribution in [2.45, 2.75) is 25.3 Å². The molecule has 0 heterocycles. The van der Waals surface area contributed by atoms with Gasteiger partial charge in [0.2, 0.25) is 5.91 Å². The van der Waals surface area contributed by atoms with Crippen LogP contribution in [0.1, 0.15) is 18.4 Å². The van der Waals surface area contributed by atoms with E-state index < -0.39 is 23.9 Å². The Balaban J connectivity index is 2.50. The van der Waals surface area contributed by atoms with Crippen LogP contribution in [0.25, 0.3) is 0 Å². The molecule has 0 unspecified atom stereocenters. The van der Waals surface area contributed by atoms with Crippen LogP contribution >= 0.6 is 0 Å². The summed E-state index contributed by atoms with van der Waals surface area (Å²) in [4.78, 5) is 33.8. The van der Waals surface area contributed by atoms with Crippen molar-refractivity contribution >= 4 is 17.8 Å². The number of carboxylic acid groups (broad SMARTS) is 1. The number of carbonyl (C=O) groups excluding carboxylic acids is 2. The van der Waals surface area contributed by atoms with Gasteiger partial charge in [-0.15, -0.1) is 0 Å². The van der Waals surface area contributed by atoms with Crippen molar-refractivity contribution in [3.8, 4) is 0 Å². The van der Waals surface area contributed by atoms with E-state index in [1.807, 2.05) is 6.07 Å². The highest BCUT2D eigenvalue weighted by molar-refractivity contribution is 5.85. The maximum Gasteiger partial charge on any atom is 0.326 e. The molecule has 0 spiro atoms. The number of ether oxygens (including phenoxy) is 1. The molecule has 1 aromatic rings. The van der Waals surface area contributed by atoms with Crippen LogP contribution in [0.3, 0.4) is 0 Å². The Bertz CT molecular complexity index is 472. The summed E-state index contributed by atoms with van der Waals surface area (Å²) >= 11 is 0. The summed E-state index contributed by atoms with van der Waals surface area (Å²) < 4.78 is 4.44. The number of aliphatic carboxylic acids is 1. The second kappa shape index (κ2) is 7.93. The molecule has 2 N–H and O–H groups in total. The van der Waals surface area contributed by atoms with E-state index in [1.165, 1.54) is 7.11 Å². The normalized spacial score (nSPS) is 11.4. The first-order chi connectivity index (χ1) is 9.52. The summed E-state index contributed by atoms with van der Waals surface area (Å²) in [7, 11) is 1.23. The molecule has 0 saturated heterocycles. The fraction of sp³-hybridized carbons (Fsp3) is 0.357. The lowest BCUT2D eigenvalue weighted by atomic mass is 10.1. The van der Waals surface area contributed by atoms with Gasteiger partial charge in [0.1, 0.15) is 6.04 Å². The Morgan fingerprint density at radius 2 is 1.90 bits per heavy atom. The van der Waals surface area contributed by atoms with Gasteiger partial charge in [-0.25, -0.2) is 4.79 Å². The van der Waals surface area contributed by atoms with Crippen LogP contribution in [0, 0.1) is 0 Å². The van der Waals surface area contributed by atoms with Gasteiger partial charge in [0.25, 0.3) is 0 Å². The van der Waals surface area contributed by atoms with E-state index in [0.29, 0.717) is 0 Å². The number of hydrogen-bond donors (Lipinski definition) is 2. The van der Waals surface area contributed by atoms with E-state index in [-0.39, 0.29) is 19.3 Å². The van der Waals surface area contributed by atoms with Crippen LogP contribution in [0.15, 0.2) is 30.3 Å². The lowest BCUT2D eigenvalue weighted by Crippen LogP contribution is -2.41. The number of carboxylic acids is 1. The third-order valence-corrected chi connectivity index (χ3v) is 2.71. The quantitative estimate of drug-likeness (QED) is 0.718. The molecule has 6 nitrogen and oxygen atoms in total. The van der Waals surface area contributed by atoms with Crippen molar-refractivity contribution in [1.82, 2.24) is 5.32 Å². The zero-order chi connectivity index (χ0) is 15.0. The van der Waals surface area contributed by atoms with Gasteiger partial charge in [-0.2, -0.15) is 0 Å². The molecule has 1 aromatic carbocycles. The summed E-state index contributed by atoms with van der Waals surface area (Å²) in [6, 6.07) is 7.90. The molecular weight excluding hydrogens is 262 g/mol. The first kappa shape index (κ1) is 15.7. The fourth-order valence-electron chi connectivity index (χ4n) is 1.65. The minimum absolute atomic E-state index is 0.00252. The van der Waals surface area contributed by atoms with E-state index >= 15 is 0 Å². The van der Waals surface area contributed by atoms with Gasteiger partial charge in [-0.05, 0) is 12.0 Å². The maximum absolute atomic E-state index is 11.8. The number of rotatable bonds is 7. The Kier molecular flexibility index (Phi) is 6.22. The Labute approximate surface area is 116 Å². The molecule has 20 heavy (non-hydrogen) atoms. The van der Waals surface area contributed by atoms with Gasteiger partial charge in [0.05, 0.1) is 13.5 Å². The smallest absolute Gasteiger partial charge is 0.326 e. The van der Waals surface area contributed by atoms with E-state index in [2.05, 4.69) is 10.1 Å². The first-order valence-corrected chi connectivity index (χ1v) is 6.16. The van der Waals surface area contributed by atoms with Gasteiger partial charge in [-0.3, -0.25) is 9.59 Å². The lowest BCUT2D eigenvalue weighted by molar-refractivity contribution is -0.144. The van der Waals surface area contributed by atoms with Gasteiger partial charge in [0, 0.05) is 6.42 Å². The first-order valence-electron chi connectivity index (χ1n) is 6.16. The number of hydrogen-bond acceptors (Lipinski definition) is 4. The summed E-state index contributed by atoms with van der Waals surface area (Å²) in [5.41, 5.74) is 0.794. The SMILES string of the molecule is COC(=O)CC[C@@H](NC(=O)Cc1ccccc1)C(=O)O. The van der Waals surface area contributed by atoms with Crippen molar-refractivity contribution in [1.29, 1.82) is 0 Å². The molecule has 1 atom stereocenters. The van der Waals surface area contributed by atoms with E-state index in [1.54, 1.807) is 24.3 Å². The molecule has 0 saturated carbocycles. The topological polar surface area (TPSA) is 92.7 Å². The molecule has 0 aliphatic heterocycles. The van der Waals surface area contributed by atoms with Crippen LogP contribution in [-0.2, 0) is 25.5 Å². The molecule has 0 aromatic heterocycles. The average Bonchev–Trinajstić information content (AvgIpc) is 2.43. The van der Waals surface area contributed by atoms with Crippen LogP contribution in [0.4, 0.5) is 0 Å².